The Labute approximate surface area is 227 Å². The molecule has 1 saturated carbocycles. The minimum absolute atomic E-state index is 0.0235. The molecule has 0 saturated heterocycles. The second-order valence-electron chi connectivity index (χ2n) is 9.08. The fourth-order valence-electron chi connectivity index (χ4n) is 4.38. The van der Waals surface area contributed by atoms with E-state index in [2.05, 4.69) is 24.5 Å². The van der Waals surface area contributed by atoms with Crippen LogP contribution in [-0.4, -0.2) is 48.3 Å². The average molecular weight is 557 g/mol. The molecule has 0 aliphatic heterocycles. The first kappa shape index (κ1) is 30.7. The van der Waals surface area contributed by atoms with Gasteiger partial charge < -0.3 is 25.2 Å². The van der Waals surface area contributed by atoms with Crippen LogP contribution in [0.1, 0.15) is 52.4 Å². The van der Waals surface area contributed by atoms with Crippen LogP contribution in [0, 0.1) is 5.82 Å². The van der Waals surface area contributed by atoms with Gasteiger partial charge >= 0.3 is 0 Å². The molecule has 7 nitrogen and oxygen atoms in total. The first-order valence-electron chi connectivity index (χ1n) is 12.3. The van der Waals surface area contributed by atoms with Crippen molar-refractivity contribution in [2.24, 2.45) is 0 Å². The zero-order valence-corrected chi connectivity index (χ0v) is 22.7. The zero-order valence-electron chi connectivity index (χ0n) is 21.1. The van der Waals surface area contributed by atoms with Crippen molar-refractivity contribution in [2.45, 2.75) is 70.0 Å². The molecule has 1 fully saturated rings. The van der Waals surface area contributed by atoms with Crippen molar-refractivity contribution in [2.75, 3.05) is 13.2 Å². The molecule has 1 atom stereocenters. The minimum atomic E-state index is -0.568. The van der Waals surface area contributed by atoms with Crippen molar-refractivity contribution in [1.82, 2.24) is 10.6 Å². The molecule has 1 amide bonds. The fourth-order valence-corrected chi connectivity index (χ4v) is 4.62. The topological polar surface area (TPSA) is 96.9 Å². The van der Waals surface area contributed by atoms with Crippen LogP contribution in [0.15, 0.2) is 42.5 Å². The summed E-state index contributed by atoms with van der Waals surface area (Å²) in [6.07, 6.45) is 5.70. The summed E-state index contributed by atoms with van der Waals surface area (Å²) < 4.78 is 24.7. The quantitative estimate of drug-likeness (QED) is 0.299. The molecule has 1 aliphatic carbocycles. The largest absolute Gasteiger partial charge is 0.494 e. The fraction of sp³-hybridized carbons (Fsp3) is 0.481. The normalized spacial score (nSPS) is 19.6. The Morgan fingerprint density at radius 1 is 1.16 bits per heavy atom. The van der Waals surface area contributed by atoms with Gasteiger partial charge in [-0.05, 0) is 81.8 Å². The monoisotopic (exact) mass is 556 g/mol. The summed E-state index contributed by atoms with van der Waals surface area (Å²) >= 11 is 11.6. The van der Waals surface area contributed by atoms with Crippen LogP contribution < -0.4 is 20.1 Å². The van der Waals surface area contributed by atoms with Gasteiger partial charge in [0.05, 0.1) is 11.6 Å². The van der Waals surface area contributed by atoms with Crippen LogP contribution in [0.5, 0.6) is 11.5 Å². The summed E-state index contributed by atoms with van der Waals surface area (Å²) in [5.74, 6) is 0.332. The van der Waals surface area contributed by atoms with Gasteiger partial charge in [-0.2, -0.15) is 0 Å². The number of benzene rings is 2. The SMILES string of the molecule is CCC1(NC(C)CCOc2ccc(Cl)cc2)CCC(NC(=O)COc2ccc(Cl)c(F)c2)CC1.O=CO. The summed E-state index contributed by atoms with van der Waals surface area (Å²) in [5.41, 5.74) is 0.0677. The summed E-state index contributed by atoms with van der Waals surface area (Å²) in [4.78, 5) is 20.7. The number of hydrogen-bond acceptors (Lipinski definition) is 5. The van der Waals surface area contributed by atoms with Crippen LogP contribution in [0.2, 0.25) is 10.0 Å². The van der Waals surface area contributed by atoms with Gasteiger partial charge in [-0.25, -0.2) is 4.39 Å². The lowest BCUT2D eigenvalue weighted by Gasteiger charge is -2.42. The van der Waals surface area contributed by atoms with Gasteiger partial charge in [0.2, 0.25) is 0 Å². The highest BCUT2D eigenvalue weighted by molar-refractivity contribution is 6.30. The Balaban J connectivity index is 0.00000153. The third-order valence-corrected chi connectivity index (χ3v) is 6.99. The Hall–Kier alpha value is -2.55. The average Bonchev–Trinajstić information content (AvgIpc) is 2.88. The molecule has 0 spiro atoms. The van der Waals surface area contributed by atoms with Crippen LogP contribution in [0.3, 0.4) is 0 Å². The number of carboxylic acid groups (broad SMARTS) is 1. The smallest absolute Gasteiger partial charge is 0.290 e. The van der Waals surface area contributed by atoms with Gasteiger partial charge in [-0.1, -0.05) is 30.1 Å². The molecule has 0 bridgehead atoms. The lowest BCUT2D eigenvalue weighted by molar-refractivity contribution is -0.124. The number of carbonyl (C=O) groups excluding carboxylic acids is 1. The molecule has 3 N–H and O–H groups in total. The molecular formula is C27H35Cl2FN2O5. The number of carbonyl (C=O) groups is 2. The number of halogens is 3. The summed E-state index contributed by atoms with van der Waals surface area (Å²) in [6.45, 7) is 4.63. The van der Waals surface area contributed by atoms with Gasteiger partial charge in [0.1, 0.15) is 17.3 Å². The highest BCUT2D eigenvalue weighted by Crippen LogP contribution is 2.32. The van der Waals surface area contributed by atoms with E-state index in [0.717, 1.165) is 44.3 Å². The summed E-state index contributed by atoms with van der Waals surface area (Å²) in [5, 5.41) is 14.5. The molecular weight excluding hydrogens is 522 g/mol. The van der Waals surface area contributed by atoms with Crippen molar-refractivity contribution < 1.29 is 28.6 Å². The molecule has 3 rings (SSSR count). The number of ether oxygens (including phenoxy) is 2. The molecule has 1 unspecified atom stereocenters. The number of nitrogens with one attached hydrogen (secondary N) is 2. The van der Waals surface area contributed by atoms with E-state index in [4.69, 9.17) is 42.6 Å². The Kier molecular flexibility index (Phi) is 13.0. The van der Waals surface area contributed by atoms with E-state index in [-0.39, 0.29) is 41.3 Å². The molecule has 0 aromatic heterocycles. The summed E-state index contributed by atoms with van der Waals surface area (Å²) in [7, 11) is 0. The van der Waals surface area contributed by atoms with Crippen LogP contribution in [-0.2, 0) is 9.59 Å². The van der Waals surface area contributed by atoms with Gasteiger partial charge in [0, 0.05) is 28.7 Å². The van der Waals surface area contributed by atoms with Crippen LogP contribution in [0.25, 0.3) is 0 Å². The molecule has 2 aromatic carbocycles. The lowest BCUT2D eigenvalue weighted by Crippen LogP contribution is -2.54. The Morgan fingerprint density at radius 2 is 1.78 bits per heavy atom. The maximum absolute atomic E-state index is 13.5. The molecule has 0 radical (unpaired) electrons. The zero-order chi connectivity index (χ0) is 27.3. The molecule has 0 heterocycles. The van der Waals surface area contributed by atoms with Crippen molar-refractivity contribution in [1.29, 1.82) is 0 Å². The predicted molar refractivity (Wildman–Crippen MR) is 143 cm³/mol. The van der Waals surface area contributed by atoms with Gasteiger partial charge in [0.15, 0.2) is 6.61 Å². The highest BCUT2D eigenvalue weighted by Gasteiger charge is 2.35. The standard InChI is InChI=1S/C26H33Cl2FN2O3.CH2O2/c1-3-26(31-18(2)12-15-33-21-6-4-19(27)5-7-21)13-10-20(11-14-26)30-25(32)17-34-22-8-9-23(28)24(29)16-22;2-1-3/h4-9,16,18,20,31H,3,10-15,17H2,1-2H3,(H,30,32);1H,(H,2,3). The molecule has 10 heteroatoms. The lowest BCUT2D eigenvalue weighted by atomic mass is 9.77. The number of rotatable bonds is 11. The second-order valence-corrected chi connectivity index (χ2v) is 9.93. The van der Waals surface area contributed by atoms with Crippen LogP contribution >= 0.6 is 23.2 Å². The van der Waals surface area contributed by atoms with Gasteiger partial charge in [0.25, 0.3) is 12.4 Å². The molecule has 2 aromatic rings. The molecule has 204 valence electrons. The molecule has 37 heavy (non-hydrogen) atoms. The van der Waals surface area contributed by atoms with Crippen LogP contribution in [0.4, 0.5) is 4.39 Å². The van der Waals surface area contributed by atoms with E-state index in [9.17, 15) is 9.18 Å². The second kappa shape index (κ2) is 15.6. The first-order valence-corrected chi connectivity index (χ1v) is 13.1. The first-order chi connectivity index (χ1) is 17.7. The molecule has 1 aliphatic rings. The van der Waals surface area contributed by atoms with Crippen molar-refractivity contribution in [3.63, 3.8) is 0 Å². The maximum Gasteiger partial charge on any atom is 0.290 e. The van der Waals surface area contributed by atoms with E-state index in [1.54, 1.807) is 6.07 Å². The van der Waals surface area contributed by atoms with E-state index in [1.165, 1.54) is 12.1 Å². The third-order valence-electron chi connectivity index (χ3n) is 6.43. The van der Waals surface area contributed by atoms with Crippen molar-refractivity contribution >= 4 is 35.6 Å². The highest BCUT2D eigenvalue weighted by atomic mass is 35.5. The van der Waals surface area contributed by atoms with E-state index in [1.807, 2.05) is 24.3 Å². The summed E-state index contributed by atoms with van der Waals surface area (Å²) in [6, 6.07) is 12.0. The van der Waals surface area contributed by atoms with Crippen molar-refractivity contribution in [3.8, 4) is 11.5 Å². The minimum Gasteiger partial charge on any atom is -0.494 e. The Bertz CT molecular complexity index is 985. The number of amides is 1. The van der Waals surface area contributed by atoms with Gasteiger partial charge in [-0.15, -0.1) is 0 Å². The van der Waals surface area contributed by atoms with Crippen molar-refractivity contribution in [3.05, 3.63) is 58.3 Å². The van der Waals surface area contributed by atoms with E-state index in [0.29, 0.717) is 17.7 Å². The van der Waals surface area contributed by atoms with Gasteiger partial charge in [-0.3, -0.25) is 9.59 Å². The third kappa shape index (κ3) is 10.8. The number of hydrogen-bond donors (Lipinski definition) is 3. The predicted octanol–water partition coefficient (Wildman–Crippen LogP) is 5.87. The Morgan fingerprint density at radius 3 is 2.38 bits per heavy atom. The van der Waals surface area contributed by atoms with E-state index >= 15 is 0 Å². The maximum atomic E-state index is 13.5. The van der Waals surface area contributed by atoms with E-state index < -0.39 is 5.82 Å².